The van der Waals surface area contributed by atoms with Crippen molar-refractivity contribution in [2.75, 3.05) is 0 Å². The van der Waals surface area contributed by atoms with Gasteiger partial charge in [0.1, 0.15) is 18.1 Å². The average molecular weight is 357 g/mol. The Kier molecular flexibility index (Phi) is 4.34. The normalized spacial score (nSPS) is 14.5. The van der Waals surface area contributed by atoms with Crippen LogP contribution in [0.4, 0.5) is 0 Å². The standard InChI is InChI=1S/C15H15BrClNO2/c16-13-7-11(17)1-4-14(13)20-9-15-10(5-6-19-15)8-18-12-2-3-12/h1,4-7,12,18H,2-3,8-9H2. The third-order valence-electron chi connectivity index (χ3n) is 3.25. The molecule has 0 unspecified atom stereocenters. The SMILES string of the molecule is Clc1ccc(OCc2occc2CNC2CC2)c(Br)c1. The van der Waals surface area contributed by atoms with E-state index in [0.29, 0.717) is 17.7 Å². The van der Waals surface area contributed by atoms with Gasteiger partial charge >= 0.3 is 0 Å². The van der Waals surface area contributed by atoms with Crippen LogP contribution in [-0.4, -0.2) is 6.04 Å². The highest BCUT2D eigenvalue weighted by Crippen LogP contribution is 2.29. The molecule has 0 bridgehead atoms. The van der Waals surface area contributed by atoms with Crippen LogP contribution in [0.15, 0.2) is 39.4 Å². The quantitative estimate of drug-likeness (QED) is 0.826. The summed E-state index contributed by atoms with van der Waals surface area (Å²) in [4.78, 5) is 0. The van der Waals surface area contributed by atoms with Gasteiger partial charge in [0.2, 0.25) is 0 Å². The lowest BCUT2D eigenvalue weighted by molar-refractivity contribution is 0.266. The van der Waals surface area contributed by atoms with Gasteiger partial charge in [0.15, 0.2) is 0 Å². The molecule has 0 aliphatic heterocycles. The second-order valence-corrected chi connectivity index (χ2v) is 6.18. The fourth-order valence-corrected chi connectivity index (χ4v) is 2.73. The zero-order valence-electron chi connectivity index (χ0n) is 10.9. The van der Waals surface area contributed by atoms with Crippen molar-refractivity contribution in [2.45, 2.75) is 32.0 Å². The van der Waals surface area contributed by atoms with E-state index in [1.165, 1.54) is 12.8 Å². The summed E-state index contributed by atoms with van der Waals surface area (Å²) in [5.41, 5.74) is 1.15. The Balaban J connectivity index is 1.61. The van der Waals surface area contributed by atoms with Crippen molar-refractivity contribution < 1.29 is 9.15 Å². The number of furan rings is 1. The molecule has 1 fully saturated rings. The zero-order valence-corrected chi connectivity index (χ0v) is 13.2. The van der Waals surface area contributed by atoms with Crippen LogP contribution in [0, 0.1) is 0 Å². The van der Waals surface area contributed by atoms with Crippen LogP contribution < -0.4 is 10.1 Å². The van der Waals surface area contributed by atoms with E-state index in [2.05, 4.69) is 21.2 Å². The van der Waals surface area contributed by atoms with Crippen molar-refractivity contribution in [3.8, 4) is 5.75 Å². The summed E-state index contributed by atoms with van der Waals surface area (Å²) in [5, 5.41) is 4.15. The third-order valence-corrected chi connectivity index (χ3v) is 4.10. The minimum absolute atomic E-state index is 0.412. The van der Waals surface area contributed by atoms with E-state index in [0.717, 1.165) is 28.1 Å². The number of hydrogen-bond acceptors (Lipinski definition) is 3. The first-order valence-electron chi connectivity index (χ1n) is 6.59. The van der Waals surface area contributed by atoms with Crippen molar-refractivity contribution in [2.24, 2.45) is 0 Å². The molecule has 1 aliphatic rings. The smallest absolute Gasteiger partial charge is 0.146 e. The van der Waals surface area contributed by atoms with E-state index in [1.54, 1.807) is 12.3 Å². The van der Waals surface area contributed by atoms with Gasteiger partial charge in [0, 0.05) is 23.2 Å². The monoisotopic (exact) mass is 355 g/mol. The minimum atomic E-state index is 0.412. The second kappa shape index (κ2) is 6.20. The summed E-state index contributed by atoms with van der Waals surface area (Å²) in [6.07, 6.45) is 4.27. The maximum Gasteiger partial charge on any atom is 0.146 e. The van der Waals surface area contributed by atoms with E-state index < -0.39 is 0 Å². The Labute approximate surface area is 131 Å². The van der Waals surface area contributed by atoms with Crippen LogP contribution in [0.5, 0.6) is 5.75 Å². The summed E-state index contributed by atoms with van der Waals surface area (Å²) >= 11 is 9.34. The van der Waals surface area contributed by atoms with Crippen molar-refractivity contribution in [3.05, 3.63) is 51.3 Å². The molecule has 1 saturated carbocycles. The molecule has 1 aromatic carbocycles. The topological polar surface area (TPSA) is 34.4 Å². The fraction of sp³-hybridized carbons (Fsp3) is 0.333. The summed E-state index contributed by atoms with van der Waals surface area (Å²) in [7, 11) is 0. The maximum absolute atomic E-state index is 5.91. The van der Waals surface area contributed by atoms with E-state index in [4.69, 9.17) is 20.8 Å². The summed E-state index contributed by atoms with van der Waals surface area (Å²) in [6, 6.07) is 8.14. The van der Waals surface area contributed by atoms with E-state index in [9.17, 15) is 0 Å². The van der Waals surface area contributed by atoms with Gasteiger partial charge < -0.3 is 14.5 Å². The highest BCUT2D eigenvalue weighted by Gasteiger charge is 2.21. The van der Waals surface area contributed by atoms with Crippen molar-refractivity contribution in [1.29, 1.82) is 0 Å². The molecule has 0 amide bonds. The third kappa shape index (κ3) is 3.57. The lowest BCUT2D eigenvalue weighted by atomic mass is 10.2. The molecule has 3 nitrogen and oxygen atoms in total. The molecule has 106 valence electrons. The fourth-order valence-electron chi connectivity index (χ4n) is 1.93. The molecule has 3 rings (SSSR count). The molecule has 2 aromatic rings. The summed E-state index contributed by atoms with van der Waals surface area (Å²) < 4.78 is 12.1. The van der Waals surface area contributed by atoms with Crippen LogP contribution >= 0.6 is 27.5 Å². The molecular weight excluding hydrogens is 342 g/mol. The Hall–Kier alpha value is -0.970. The maximum atomic E-state index is 5.91. The van der Waals surface area contributed by atoms with Crippen LogP contribution in [0.2, 0.25) is 5.02 Å². The van der Waals surface area contributed by atoms with Gasteiger partial charge in [-0.3, -0.25) is 0 Å². The van der Waals surface area contributed by atoms with E-state index in [-0.39, 0.29) is 0 Å². The van der Waals surface area contributed by atoms with Gasteiger partial charge in [-0.05, 0) is 53.0 Å². The Bertz CT molecular complexity index is 595. The Morgan fingerprint density at radius 2 is 2.20 bits per heavy atom. The zero-order chi connectivity index (χ0) is 13.9. The highest BCUT2D eigenvalue weighted by molar-refractivity contribution is 9.10. The number of benzene rings is 1. The van der Waals surface area contributed by atoms with Gasteiger partial charge in [-0.15, -0.1) is 0 Å². The first-order valence-corrected chi connectivity index (χ1v) is 7.76. The second-order valence-electron chi connectivity index (χ2n) is 4.89. The van der Waals surface area contributed by atoms with Crippen LogP contribution in [0.3, 0.4) is 0 Å². The predicted octanol–water partition coefficient (Wildman–Crippen LogP) is 4.53. The number of hydrogen-bond donors (Lipinski definition) is 1. The molecule has 1 aromatic heterocycles. The first-order chi connectivity index (χ1) is 9.72. The van der Waals surface area contributed by atoms with Gasteiger partial charge in [-0.1, -0.05) is 11.6 Å². The highest BCUT2D eigenvalue weighted by atomic mass is 79.9. The Morgan fingerprint density at radius 1 is 1.35 bits per heavy atom. The number of halogens is 2. The molecule has 0 spiro atoms. The molecule has 1 aliphatic carbocycles. The molecule has 0 radical (unpaired) electrons. The van der Waals surface area contributed by atoms with Crippen LogP contribution in [0.25, 0.3) is 0 Å². The van der Waals surface area contributed by atoms with Crippen LogP contribution in [-0.2, 0) is 13.2 Å². The van der Waals surface area contributed by atoms with Gasteiger partial charge in [0.25, 0.3) is 0 Å². The average Bonchev–Trinajstić information content (AvgIpc) is 3.14. The lowest BCUT2D eigenvalue weighted by Gasteiger charge is -2.08. The summed E-state index contributed by atoms with van der Waals surface area (Å²) in [6.45, 7) is 1.25. The molecular formula is C15H15BrClNO2. The molecule has 20 heavy (non-hydrogen) atoms. The van der Waals surface area contributed by atoms with E-state index in [1.807, 2.05) is 18.2 Å². The predicted molar refractivity (Wildman–Crippen MR) is 82.1 cm³/mol. The molecule has 1 N–H and O–H groups in total. The number of nitrogens with one attached hydrogen (secondary N) is 1. The van der Waals surface area contributed by atoms with Crippen molar-refractivity contribution in [3.63, 3.8) is 0 Å². The van der Waals surface area contributed by atoms with E-state index >= 15 is 0 Å². The molecule has 0 saturated heterocycles. The first kappa shape index (κ1) is 14.0. The van der Waals surface area contributed by atoms with Gasteiger partial charge in [-0.2, -0.15) is 0 Å². The molecule has 5 heteroatoms. The minimum Gasteiger partial charge on any atom is -0.484 e. The summed E-state index contributed by atoms with van der Waals surface area (Å²) in [5.74, 6) is 1.62. The van der Waals surface area contributed by atoms with Crippen molar-refractivity contribution >= 4 is 27.5 Å². The molecule has 1 heterocycles. The molecule has 0 atom stereocenters. The van der Waals surface area contributed by atoms with Crippen LogP contribution in [0.1, 0.15) is 24.2 Å². The lowest BCUT2D eigenvalue weighted by Crippen LogP contribution is -2.16. The van der Waals surface area contributed by atoms with Crippen molar-refractivity contribution in [1.82, 2.24) is 5.32 Å². The Morgan fingerprint density at radius 3 is 2.95 bits per heavy atom. The largest absolute Gasteiger partial charge is 0.484 e. The van der Waals surface area contributed by atoms with Gasteiger partial charge in [-0.25, -0.2) is 0 Å². The van der Waals surface area contributed by atoms with Gasteiger partial charge in [0.05, 0.1) is 10.7 Å². The number of ether oxygens (including phenoxy) is 1. The number of rotatable bonds is 6.